The average Bonchev–Trinajstić information content (AvgIpc) is 2.19. The Morgan fingerprint density at radius 1 is 1.40 bits per heavy atom. The van der Waals surface area contributed by atoms with E-state index >= 15 is 0 Å². The zero-order valence-corrected chi connectivity index (χ0v) is 8.15. The molecule has 74 valence electrons. The highest BCUT2D eigenvalue weighted by molar-refractivity contribution is 5.51. The molecule has 0 amide bonds. The van der Waals surface area contributed by atoms with Gasteiger partial charge in [0.15, 0.2) is 0 Å². The predicted molar refractivity (Wildman–Crippen MR) is 56.2 cm³/mol. The van der Waals surface area contributed by atoms with Crippen molar-refractivity contribution in [1.29, 1.82) is 10.5 Å². The fraction of sp³-hybridized carbons (Fsp3) is 0.100. The van der Waals surface area contributed by atoms with Crippen LogP contribution in [0, 0.1) is 22.7 Å². The highest BCUT2D eigenvalue weighted by atomic mass is 15.0. The molecule has 0 atom stereocenters. The highest BCUT2D eigenvalue weighted by Crippen LogP contribution is 2.10. The van der Waals surface area contributed by atoms with E-state index in [1.807, 2.05) is 0 Å². The molecule has 0 spiro atoms. The van der Waals surface area contributed by atoms with E-state index in [0.717, 1.165) is 0 Å². The van der Waals surface area contributed by atoms with Gasteiger partial charge in [-0.05, 0) is 19.1 Å². The van der Waals surface area contributed by atoms with Crippen LogP contribution in [0.2, 0.25) is 0 Å². The number of hydrogen-bond acceptors (Lipinski definition) is 5. The highest BCUT2D eigenvalue weighted by Gasteiger charge is 2.01. The maximum Gasteiger partial charge on any atom is 0.148 e. The van der Waals surface area contributed by atoms with Crippen molar-refractivity contribution in [1.82, 2.24) is 4.98 Å². The fourth-order valence-electron chi connectivity index (χ4n) is 0.968. The second-order valence-corrected chi connectivity index (χ2v) is 2.80. The van der Waals surface area contributed by atoms with E-state index in [4.69, 9.17) is 16.3 Å². The van der Waals surface area contributed by atoms with Gasteiger partial charge in [-0.15, -0.1) is 0 Å². The summed E-state index contributed by atoms with van der Waals surface area (Å²) in [7, 11) is 0. The van der Waals surface area contributed by atoms with Gasteiger partial charge in [0, 0.05) is 5.70 Å². The monoisotopic (exact) mass is 199 g/mol. The van der Waals surface area contributed by atoms with E-state index in [1.165, 1.54) is 0 Å². The van der Waals surface area contributed by atoms with E-state index in [2.05, 4.69) is 10.3 Å². The molecule has 0 unspecified atom stereocenters. The van der Waals surface area contributed by atoms with Gasteiger partial charge < -0.3 is 11.1 Å². The molecule has 0 radical (unpaired) electrons. The van der Waals surface area contributed by atoms with Crippen LogP contribution in [0.4, 0.5) is 11.6 Å². The van der Waals surface area contributed by atoms with Crippen LogP contribution in [0.15, 0.2) is 29.5 Å². The van der Waals surface area contributed by atoms with Crippen molar-refractivity contribution >= 4 is 11.6 Å². The minimum Gasteiger partial charge on any atom is -0.384 e. The fourth-order valence-corrected chi connectivity index (χ4v) is 0.968. The third-order valence-corrected chi connectivity index (χ3v) is 1.68. The zero-order valence-electron chi connectivity index (χ0n) is 8.15. The maximum atomic E-state index is 8.61. The van der Waals surface area contributed by atoms with Crippen LogP contribution in [0.1, 0.15) is 6.92 Å². The van der Waals surface area contributed by atoms with Crippen LogP contribution in [-0.4, -0.2) is 4.98 Å². The Labute approximate surface area is 87.5 Å². The lowest BCUT2D eigenvalue weighted by atomic mass is 10.2. The molecule has 0 saturated heterocycles. The lowest BCUT2D eigenvalue weighted by molar-refractivity contribution is 1.25. The van der Waals surface area contributed by atoms with Crippen molar-refractivity contribution in [2.75, 3.05) is 11.1 Å². The number of rotatable bonds is 2. The standard InChI is InChI=1S/C10H9N5/c1-7(8(5-11)6-12)14-10-4-2-3-9(13)15-10/h2-4H,1H3,(H3,13,14,15). The van der Waals surface area contributed by atoms with Crippen molar-refractivity contribution < 1.29 is 0 Å². The number of anilines is 2. The Hall–Kier alpha value is -2.53. The number of nitrogens with one attached hydrogen (secondary N) is 1. The summed E-state index contributed by atoms with van der Waals surface area (Å²) in [6.07, 6.45) is 0. The number of nitrogens with zero attached hydrogens (tertiary/aromatic N) is 3. The number of allylic oxidation sites excluding steroid dienone is 2. The first kappa shape index (κ1) is 10.6. The molecule has 5 heteroatoms. The van der Waals surface area contributed by atoms with E-state index in [9.17, 15) is 0 Å². The molecule has 0 fully saturated rings. The molecule has 0 aliphatic rings. The van der Waals surface area contributed by atoms with Crippen molar-refractivity contribution in [3.63, 3.8) is 0 Å². The Kier molecular flexibility index (Phi) is 3.26. The Morgan fingerprint density at radius 2 is 2.07 bits per heavy atom. The van der Waals surface area contributed by atoms with E-state index in [1.54, 1.807) is 37.3 Å². The molecular weight excluding hydrogens is 190 g/mol. The minimum absolute atomic E-state index is 0.0271. The van der Waals surface area contributed by atoms with Gasteiger partial charge in [-0.3, -0.25) is 0 Å². The van der Waals surface area contributed by atoms with Crippen molar-refractivity contribution in [2.24, 2.45) is 0 Å². The largest absolute Gasteiger partial charge is 0.384 e. The molecule has 1 aromatic rings. The first-order chi connectivity index (χ1) is 7.17. The SMILES string of the molecule is CC(Nc1cccc(N)n1)=C(C#N)C#N. The summed E-state index contributed by atoms with van der Waals surface area (Å²) in [4.78, 5) is 3.98. The van der Waals surface area contributed by atoms with Gasteiger partial charge in [-0.25, -0.2) is 4.98 Å². The van der Waals surface area contributed by atoms with Crippen LogP contribution in [0.3, 0.4) is 0 Å². The number of hydrogen-bond donors (Lipinski definition) is 2. The number of nitrogens with two attached hydrogens (primary N) is 1. The van der Waals surface area contributed by atoms with Crippen molar-refractivity contribution in [3.8, 4) is 12.1 Å². The van der Waals surface area contributed by atoms with Gasteiger partial charge in [0.25, 0.3) is 0 Å². The van der Waals surface area contributed by atoms with Crippen LogP contribution >= 0.6 is 0 Å². The molecule has 1 rings (SSSR count). The van der Waals surface area contributed by atoms with Gasteiger partial charge in [-0.1, -0.05) is 6.07 Å². The van der Waals surface area contributed by atoms with Gasteiger partial charge in [0.1, 0.15) is 29.3 Å². The molecule has 1 aromatic heterocycles. The van der Waals surface area contributed by atoms with Gasteiger partial charge in [0.2, 0.25) is 0 Å². The third-order valence-electron chi connectivity index (χ3n) is 1.68. The Balaban J connectivity index is 2.94. The van der Waals surface area contributed by atoms with Crippen LogP contribution < -0.4 is 11.1 Å². The molecule has 0 bridgehead atoms. The molecule has 1 heterocycles. The number of nitriles is 2. The average molecular weight is 199 g/mol. The van der Waals surface area contributed by atoms with E-state index < -0.39 is 0 Å². The van der Waals surface area contributed by atoms with Gasteiger partial charge in [-0.2, -0.15) is 10.5 Å². The molecule has 0 aliphatic carbocycles. The molecule has 0 aromatic carbocycles. The maximum absolute atomic E-state index is 8.61. The quantitative estimate of drug-likeness (QED) is 0.701. The smallest absolute Gasteiger partial charge is 0.148 e. The summed E-state index contributed by atoms with van der Waals surface area (Å²) in [5, 5.41) is 20.1. The molecular formula is C10H9N5. The van der Waals surface area contributed by atoms with Crippen LogP contribution in [0.5, 0.6) is 0 Å². The van der Waals surface area contributed by atoms with E-state index in [-0.39, 0.29) is 5.57 Å². The van der Waals surface area contributed by atoms with Crippen molar-refractivity contribution in [2.45, 2.75) is 6.92 Å². The minimum atomic E-state index is 0.0271. The number of nitrogen functional groups attached to an aromatic ring is 1. The molecule has 15 heavy (non-hydrogen) atoms. The second-order valence-electron chi connectivity index (χ2n) is 2.80. The zero-order chi connectivity index (χ0) is 11.3. The Bertz CT molecular complexity index is 459. The lowest BCUT2D eigenvalue weighted by Crippen LogP contribution is -2.02. The van der Waals surface area contributed by atoms with Gasteiger partial charge >= 0.3 is 0 Å². The van der Waals surface area contributed by atoms with Crippen LogP contribution in [-0.2, 0) is 0 Å². The summed E-state index contributed by atoms with van der Waals surface area (Å²) < 4.78 is 0. The summed E-state index contributed by atoms with van der Waals surface area (Å²) in [6.45, 7) is 1.63. The van der Waals surface area contributed by atoms with Crippen LogP contribution in [0.25, 0.3) is 0 Å². The topological polar surface area (TPSA) is 98.5 Å². The summed E-state index contributed by atoms with van der Waals surface area (Å²) in [5.41, 5.74) is 5.96. The summed E-state index contributed by atoms with van der Waals surface area (Å²) in [6, 6.07) is 8.65. The normalized spacial score (nSPS) is 8.47. The molecule has 0 saturated carbocycles. The predicted octanol–water partition coefficient (Wildman–Crippen LogP) is 1.40. The molecule has 5 nitrogen and oxygen atoms in total. The Morgan fingerprint density at radius 3 is 2.60 bits per heavy atom. The molecule has 3 N–H and O–H groups in total. The summed E-state index contributed by atoms with van der Waals surface area (Å²) in [5.74, 6) is 0.888. The number of aromatic nitrogens is 1. The summed E-state index contributed by atoms with van der Waals surface area (Å²) >= 11 is 0. The van der Waals surface area contributed by atoms with Crippen molar-refractivity contribution in [3.05, 3.63) is 29.5 Å². The molecule has 0 aliphatic heterocycles. The second kappa shape index (κ2) is 4.64. The number of pyridine rings is 1. The first-order valence-corrected chi connectivity index (χ1v) is 4.18. The van der Waals surface area contributed by atoms with E-state index in [0.29, 0.717) is 17.3 Å². The lowest BCUT2D eigenvalue weighted by Gasteiger charge is -2.05. The first-order valence-electron chi connectivity index (χ1n) is 4.18. The van der Waals surface area contributed by atoms with Gasteiger partial charge in [0.05, 0.1) is 0 Å². The third kappa shape index (κ3) is 2.71.